The predicted molar refractivity (Wildman–Crippen MR) is 105 cm³/mol. The van der Waals surface area contributed by atoms with Gasteiger partial charge in [-0.1, -0.05) is 31.2 Å². The Bertz CT molecular complexity index is 1040. The molecule has 2 aromatic carbocycles. The molecule has 0 bridgehead atoms. The van der Waals surface area contributed by atoms with Crippen molar-refractivity contribution in [3.8, 4) is 16.2 Å². The van der Waals surface area contributed by atoms with E-state index in [-0.39, 0.29) is 10.9 Å². The first kappa shape index (κ1) is 17.1. The molecule has 0 N–H and O–H groups in total. The van der Waals surface area contributed by atoms with Gasteiger partial charge in [0, 0.05) is 0 Å². The van der Waals surface area contributed by atoms with Gasteiger partial charge in [0.25, 0.3) is 10.0 Å². The van der Waals surface area contributed by atoms with Gasteiger partial charge in [-0.15, -0.1) is 11.3 Å². The average molecular weight is 386 g/mol. The van der Waals surface area contributed by atoms with E-state index in [1.54, 1.807) is 47.0 Å². The summed E-state index contributed by atoms with van der Waals surface area (Å²) in [5, 5.41) is 1.95. The fraction of sp³-hybridized carbons (Fsp3) is 0.200. The van der Waals surface area contributed by atoms with Crippen molar-refractivity contribution in [2.24, 2.45) is 0 Å². The zero-order chi connectivity index (χ0) is 18.3. The van der Waals surface area contributed by atoms with E-state index in [2.05, 4.69) is 6.07 Å². The van der Waals surface area contributed by atoms with Gasteiger partial charge in [0.05, 0.1) is 28.6 Å². The van der Waals surface area contributed by atoms with Crippen molar-refractivity contribution in [3.63, 3.8) is 0 Å². The van der Waals surface area contributed by atoms with Crippen molar-refractivity contribution in [2.45, 2.75) is 24.3 Å². The maximum absolute atomic E-state index is 13.5. The Morgan fingerprint density at radius 2 is 1.81 bits per heavy atom. The highest BCUT2D eigenvalue weighted by molar-refractivity contribution is 7.92. The summed E-state index contributed by atoms with van der Waals surface area (Å²) in [5.74, 6) is 0.635. The largest absolute Gasteiger partial charge is 0.497 e. The molecule has 0 amide bonds. The molecule has 1 aliphatic rings. The van der Waals surface area contributed by atoms with E-state index in [9.17, 15) is 8.42 Å². The molecule has 3 aromatic rings. The highest BCUT2D eigenvalue weighted by atomic mass is 32.2. The van der Waals surface area contributed by atoms with E-state index in [1.165, 1.54) is 0 Å². The lowest BCUT2D eigenvalue weighted by Crippen LogP contribution is -2.36. The van der Waals surface area contributed by atoms with Gasteiger partial charge in [-0.05, 0) is 53.3 Å². The number of sulfonamides is 1. The smallest absolute Gasteiger partial charge is 0.264 e. The van der Waals surface area contributed by atoms with Crippen molar-refractivity contribution < 1.29 is 13.2 Å². The number of anilines is 1. The van der Waals surface area contributed by atoms with Crippen molar-refractivity contribution in [1.82, 2.24) is 0 Å². The minimum absolute atomic E-state index is 0.222. The first-order valence-electron chi connectivity index (χ1n) is 8.43. The molecule has 0 saturated heterocycles. The van der Waals surface area contributed by atoms with Crippen LogP contribution in [0.4, 0.5) is 5.69 Å². The number of nitrogens with zero attached hydrogens (tertiary/aromatic N) is 1. The van der Waals surface area contributed by atoms with Gasteiger partial charge in [0.15, 0.2) is 0 Å². The first-order chi connectivity index (χ1) is 12.6. The van der Waals surface area contributed by atoms with Gasteiger partial charge < -0.3 is 4.74 Å². The molecular weight excluding hydrogens is 366 g/mol. The lowest BCUT2D eigenvalue weighted by atomic mass is 9.93. The maximum atomic E-state index is 13.5. The van der Waals surface area contributed by atoms with Crippen LogP contribution in [0.5, 0.6) is 5.75 Å². The van der Waals surface area contributed by atoms with Crippen LogP contribution in [0.25, 0.3) is 10.4 Å². The zero-order valence-electron chi connectivity index (χ0n) is 14.5. The fourth-order valence-corrected chi connectivity index (χ4v) is 6.22. The summed E-state index contributed by atoms with van der Waals surface area (Å²) in [6, 6.07) is 16.3. The number of ether oxygens (including phenoxy) is 1. The van der Waals surface area contributed by atoms with Crippen molar-refractivity contribution in [1.29, 1.82) is 0 Å². The van der Waals surface area contributed by atoms with Gasteiger partial charge in [-0.2, -0.15) is 0 Å². The summed E-state index contributed by atoms with van der Waals surface area (Å²) in [6.07, 6.45) is 0.696. The number of thiophene rings is 1. The topological polar surface area (TPSA) is 46.6 Å². The molecule has 1 atom stereocenters. The van der Waals surface area contributed by atoms with Crippen LogP contribution in [0, 0.1) is 0 Å². The Morgan fingerprint density at radius 1 is 1.08 bits per heavy atom. The van der Waals surface area contributed by atoms with Gasteiger partial charge in [0.1, 0.15) is 5.75 Å². The van der Waals surface area contributed by atoms with Gasteiger partial charge in [0.2, 0.25) is 0 Å². The van der Waals surface area contributed by atoms with E-state index in [1.807, 2.05) is 36.6 Å². The van der Waals surface area contributed by atoms with Crippen molar-refractivity contribution in [2.75, 3.05) is 11.4 Å². The molecule has 1 aromatic heterocycles. The summed E-state index contributed by atoms with van der Waals surface area (Å²) < 4.78 is 33.8. The van der Waals surface area contributed by atoms with Crippen LogP contribution in [0.15, 0.2) is 64.9 Å². The summed E-state index contributed by atoms with van der Waals surface area (Å²) >= 11 is 1.58. The van der Waals surface area contributed by atoms with Crippen LogP contribution in [0.1, 0.15) is 24.9 Å². The average Bonchev–Trinajstić information content (AvgIpc) is 3.16. The number of methoxy groups -OCH3 is 1. The van der Waals surface area contributed by atoms with E-state index < -0.39 is 10.0 Å². The third-order valence-electron chi connectivity index (χ3n) is 4.73. The summed E-state index contributed by atoms with van der Waals surface area (Å²) in [5.41, 5.74) is 2.95. The maximum Gasteiger partial charge on any atom is 0.264 e. The van der Waals surface area contributed by atoms with E-state index in [0.29, 0.717) is 12.2 Å². The Kier molecular flexibility index (Phi) is 4.25. The van der Waals surface area contributed by atoms with Crippen LogP contribution in [0.2, 0.25) is 0 Å². The molecule has 0 radical (unpaired) electrons. The van der Waals surface area contributed by atoms with Crippen LogP contribution in [0.3, 0.4) is 0 Å². The molecule has 6 heteroatoms. The molecule has 4 rings (SSSR count). The van der Waals surface area contributed by atoms with E-state index >= 15 is 0 Å². The number of benzene rings is 2. The zero-order valence-corrected chi connectivity index (χ0v) is 16.2. The first-order valence-corrected chi connectivity index (χ1v) is 10.7. The summed E-state index contributed by atoms with van der Waals surface area (Å²) in [4.78, 5) is 1.27. The van der Waals surface area contributed by atoms with Gasteiger partial charge in [-0.3, -0.25) is 4.31 Å². The molecule has 0 fully saturated rings. The second-order valence-corrected chi connectivity index (χ2v) is 8.85. The molecule has 1 unspecified atom stereocenters. The quantitative estimate of drug-likeness (QED) is 0.629. The third-order valence-corrected chi connectivity index (χ3v) is 7.51. The predicted octanol–water partition coefficient (Wildman–Crippen LogP) is 5.08. The minimum atomic E-state index is -3.69. The summed E-state index contributed by atoms with van der Waals surface area (Å²) in [7, 11) is -2.12. The Morgan fingerprint density at radius 3 is 2.50 bits per heavy atom. The Hall–Kier alpha value is -2.31. The lowest BCUT2D eigenvalue weighted by Gasteiger charge is -2.37. The van der Waals surface area contributed by atoms with Crippen molar-refractivity contribution in [3.05, 3.63) is 65.5 Å². The van der Waals surface area contributed by atoms with Crippen LogP contribution in [-0.2, 0) is 10.0 Å². The highest BCUT2D eigenvalue weighted by Crippen LogP contribution is 2.50. The molecule has 4 nitrogen and oxygen atoms in total. The fourth-order valence-electron chi connectivity index (χ4n) is 3.51. The normalized spacial score (nSPS) is 16.1. The highest BCUT2D eigenvalue weighted by Gasteiger charge is 2.38. The number of hydrogen-bond acceptors (Lipinski definition) is 4. The minimum Gasteiger partial charge on any atom is -0.497 e. The molecule has 134 valence electrons. The molecule has 0 spiro atoms. The Balaban J connectivity index is 1.90. The number of rotatable bonds is 4. The van der Waals surface area contributed by atoms with Crippen LogP contribution >= 0.6 is 11.3 Å². The molecule has 0 saturated carbocycles. The number of fused-ring (bicyclic) bond motifs is 3. The van der Waals surface area contributed by atoms with Gasteiger partial charge >= 0.3 is 0 Å². The lowest BCUT2D eigenvalue weighted by molar-refractivity contribution is 0.414. The van der Waals surface area contributed by atoms with E-state index in [0.717, 1.165) is 21.7 Å². The van der Waals surface area contributed by atoms with Crippen LogP contribution in [-0.4, -0.2) is 15.5 Å². The van der Waals surface area contributed by atoms with E-state index in [4.69, 9.17) is 4.74 Å². The van der Waals surface area contributed by atoms with Crippen molar-refractivity contribution >= 4 is 27.0 Å². The standard InChI is InChI=1S/C20H19NO3S2/c1-3-18-16-6-4-5-7-17(16)20-19(12-13-25-20)21(18)26(22,23)15-10-8-14(24-2)9-11-15/h4-13,18H,3H2,1-2H3. The molecule has 1 aliphatic heterocycles. The number of hydrogen-bond donors (Lipinski definition) is 0. The third kappa shape index (κ3) is 2.52. The SMILES string of the molecule is CCC1c2ccccc2-c2sccc2N1S(=O)(=O)c1ccc(OC)cc1. The second-order valence-electron chi connectivity index (χ2n) is 6.12. The second kappa shape index (κ2) is 6.45. The molecular formula is C20H19NO3S2. The monoisotopic (exact) mass is 385 g/mol. The Labute approximate surface area is 157 Å². The summed E-state index contributed by atoms with van der Waals surface area (Å²) in [6.45, 7) is 2.02. The van der Waals surface area contributed by atoms with Gasteiger partial charge in [-0.25, -0.2) is 8.42 Å². The molecule has 26 heavy (non-hydrogen) atoms. The molecule has 2 heterocycles. The van der Waals surface area contributed by atoms with Crippen LogP contribution < -0.4 is 9.04 Å². The molecule has 0 aliphatic carbocycles.